The van der Waals surface area contributed by atoms with Crippen molar-refractivity contribution in [3.8, 4) is 0 Å². The Hall–Kier alpha value is 0. The highest BCUT2D eigenvalue weighted by Gasteiger charge is 2.45. The molecule has 0 aromatic heterocycles. The van der Waals surface area contributed by atoms with Crippen molar-refractivity contribution in [1.82, 2.24) is 0 Å². The Balaban J connectivity index is 1.51. The van der Waals surface area contributed by atoms with Gasteiger partial charge in [0, 0.05) is 0 Å². The van der Waals surface area contributed by atoms with Gasteiger partial charge in [-0.2, -0.15) is 0 Å². The molecule has 3 aliphatic rings. The summed E-state index contributed by atoms with van der Waals surface area (Å²) in [5.41, 5.74) is 0. The predicted octanol–water partition coefficient (Wildman–Crippen LogP) is 8.46. The largest absolute Gasteiger partial charge is 0.0651 e. The molecule has 0 nitrogen and oxygen atoms in total. The smallest absolute Gasteiger partial charge is 0.0352 e. The molecule has 0 aromatic rings. The van der Waals surface area contributed by atoms with Crippen LogP contribution in [0, 0.1) is 65.1 Å². The Bertz CT molecular complexity index is 451. The van der Waals surface area contributed by atoms with E-state index in [1.807, 2.05) is 0 Å². The molecule has 10 unspecified atom stereocenters. The van der Waals surface area contributed by atoms with Crippen molar-refractivity contribution in [1.29, 1.82) is 0 Å². The van der Waals surface area contributed by atoms with E-state index in [1.54, 1.807) is 12.8 Å². The van der Waals surface area contributed by atoms with Gasteiger partial charge in [-0.25, -0.2) is 0 Å². The summed E-state index contributed by atoms with van der Waals surface area (Å²) in [5, 5.41) is 0. The zero-order valence-electron chi connectivity index (χ0n) is 19.7. The first-order valence-corrected chi connectivity index (χ1v) is 12.8. The van der Waals surface area contributed by atoms with Crippen LogP contribution in [0.2, 0.25) is 0 Å². The average Bonchev–Trinajstić information content (AvgIpc) is 3.14. The van der Waals surface area contributed by atoms with Crippen LogP contribution in [0.3, 0.4) is 0 Å². The van der Waals surface area contributed by atoms with Crippen LogP contribution in [0.1, 0.15) is 106 Å². The minimum atomic E-state index is 0.893. The molecule has 3 fully saturated rings. The van der Waals surface area contributed by atoms with Crippen molar-refractivity contribution in [3.05, 3.63) is 0 Å². The van der Waals surface area contributed by atoms with Gasteiger partial charge in [0.15, 0.2) is 0 Å². The highest BCUT2D eigenvalue weighted by atomic mass is 14.5. The van der Waals surface area contributed by atoms with Gasteiger partial charge < -0.3 is 0 Å². The van der Waals surface area contributed by atoms with Crippen LogP contribution in [0.4, 0.5) is 0 Å². The first-order valence-electron chi connectivity index (χ1n) is 12.8. The summed E-state index contributed by atoms with van der Waals surface area (Å²) in [6.45, 7) is 17.6. The fraction of sp³-hybridized carbons (Fsp3) is 1.00. The van der Waals surface area contributed by atoms with Crippen molar-refractivity contribution >= 4 is 0 Å². The molecule has 27 heavy (non-hydrogen) atoms. The fourth-order valence-corrected chi connectivity index (χ4v) is 8.14. The summed E-state index contributed by atoms with van der Waals surface area (Å²) in [4.78, 5) is 0. The van der Waals surface area contributed by atoms with Gasteiger partial charge in [0.1, 0.15) is 0 Å². The third-order valence-corrected chi connectivity index (χ3v) is 10.2. The second kappa shape index (κ2) is 9.21. The van der Waals surface area contributed by atoms with Crippen molar-refractivity contribution in [3.63, 3.8) is 0 Å². The summed E-state index contributed by atoms with van der Waals surface area (Å²) >= 11 is 0. The van der Waals surface area contributed by atoms with Crippen LogP contribution >= 0.6 is 0 Å². The lowest BCUT2D eigenvalue weighted by molar-refractivity contribution is 0.0537. The number of rotatable bonds is 7. The molecule has 0 saturated heterocycles. The average molecular weight is 375 g/mol. The van der Waals surface area contributed by atoms with E-state index in [2.05, 4.69) is 48.5 Å². The van der Waals surface area contributed by atoms with Crippen molar-refractivity contribution in [2.45, 2.75) is 106 Å². The highest BCUT2D eigenvalue weighted by Crippen LogP contribution is 2.54. The number of fused-ring (bicyclic) bond motifs is 1. The maximum absolute atomic E-state index is 2.61. The lowest BCUT2D eigenvalue weighted by atomic mass is 9.61. The van der Waals surface area contributed by atoms with Crippen LogP contribution in [-0.2, 0) is 0 Å². The minimum Gasteiger partial charge on any atom is -0.0651 e. The molecule has 0 spiro atoms. The van der Waals surface area contributed by atoms with Crippen LogP contribution in [0.25, 0.3) is 0 Å². The molecule has 0 radical (unpaired) electrons. The lowest BCUT2D eigenvalue weighted by Crippen LogP contribution is -2.36. The predicted molar refractivity (Wildman–Crippen MR) is 120 cm³/mol. The van der Waals surface area contributed by atoms with Crippen LogP contribution < -0.4 is 0 Å². The normalized spacial score (nSPS) is 46.0. The monoisotopic (exact) mass is 374 g/mol. The molecule has 3 rings (SSSR count). The van der Waals surface area contributed by atoms with E-state index in [0.29, 0.717) is 0 Å². The third-order valence-electron chi connectivity index (χ3n) is 10.2. The molecule has 0 heteroatoms. The van der Waals surface area contributed by atoms with Gasteiger partial charge in [-0.1, -0.05) is 80.6 Å². The molecule has 0 N–H and O–H groups in total. The molecule has 0 aliphatic heterocycles. The molecule has 0 amide bonds. The van der Waals surface area contributed by atoms with E-state index in [-0.39, 0.29) is 0 Å². The Morgan fingerprint density at radius 2 is 1.59 bits per heavy atom. The number of hydrogen-bond acceptors (Lipinski definition) is 0. The first kappa shape index (κ1) is 21.7. The van der Waals surface area contributed by atoms with E-state index in [0.717, 1.165) is 65.1 Å². The van der Waals surface area contributed by atoms with Gasteiger partial charge in [0.25, 0.3) is 0 Å². The summed E-state index contributed by atoms with van der Waals surface area (Å²) < 4.78 is 0. The summed E-state index contributed by atoms with van der Waals surface area (Å²) in [6, 6.07) is 0. The second-order valence-corrected chi connectivity index (χ2v) is 11.8. The van der Waals surface area contributed by atoms with Crippen LogP contribution in [0.15, 0.2) is 0 Å². The standard InChI is InChI=1S/C27H50/c1-8-24-21(7)20(6)14-22(24)11-9-10-18(4)23-15-26(17(2)3)25-13-12-19(5)27(25)16-23/h17-27H,8-16H2,1-7H3. The van der Waals surface area contributed by atoms with Gasteiger partial charge in [0.05, 0.1) is 0 Å². The lowest BCUT2D eigenvalue weighted by Gasteiger charge is -2.44. The Kier molecular flexibility index (Phi) is 7.40. The summed E-state index contributed by atoms with van der Waals surface area (Å²) in [7, 11) is 0. The van der Waals surface area contributed by atoms with Crippen molar-refractivity contribution in [2.75, 3.05) is 0 Å². The molecule has 0 aromatic carbocycles. The van der Waals surface area contributed by atoms with Gasteiger partial charge in [-0.15, -0.1) is 0 Å². The highest BCUT2D eigenvalue weighted by molar-refractivity contribution is 4.95. The van der Waals surface area contributed by atoms with Crippen molar-refractivity contribution < 1.29 is 0 Å². The third kappa shape index (κ3) is 4.61. The zero-order chi connectivity index (χ0) is 19.7. The topological polar surface area (TPSA) is 0 Å². The van der Waals surface area contributed by atoms with Crippen molar-refractivity contribution in [2.24, 2.45) is 65.1 Å². The summed E-state index contributed by atoms with van der Waals surface area (Å²) in [5.74, 6) is 11.0. The SMILES string of the molecule is CCC1C(CCCC(C)C2CC(C(C)C)C3CCC(C)C3C2)CC(C)C1C. The van der Waals surface area contributed by atoms with E-state index >= 15 is 0 Å². The number of hydrogen-bond donors (Lipinski definition) is 0. The van der Waals surface area contributed by atoms with Gasteiger partial charge in [0.2, 0.25) is 0 Å². The maximum Gasteiger partial charge on any atom is -0.0352 e. The quantitative estimate of drug-likeness (QED) is 0.419. The van der Waals surface area contributed by atoms with Gasteiger partial charge in [-0.05, 0) is 90.8 Å². The molecule has 10 atom stereocenters. The van der Waals surface area contributed by atoms with Gasteiger partial charge >= 0.3 is 0 Å². The minimum absolute atomic E-state index is 0.893. The maximum atomic E-state index is 2.61. The Morgan fingerprint density at radius 3 is 2.26 bits per heavy atom. The van der Waals surface area contributed by atoms with Gasteiger partial charge in [-0.3, -0.25) is 0 Å². The fourth-order valence-electron chi connectivity index (χ4n) is 8.14. The molecular weight excluding hydrogens is 324 g/mol. The molecule has 3 saturated carbocycles. The second-order valence-electron chi connectivity index (χ2n) is 11.8. The van der Waals surface area contributed by atoms with Crippen LogP contribution in [0.5, 0.6) is 0 Å². The first-order chi connectivity index (χ1) is 12.8. The van der Waals surface area contributed by atoms with E-state index in [9.17, 15) is 0 Å². The molecule has 0 bridgehead atoms. The molecule has 0 heterocycles. The summed E-state index contributed by atoms with van der Waals surface area (Å²) in [6.07, 6.45) is 13.6. The zero-order valence-corrected chi connectivity index (χ0v) is 19.7. The van der Waals surface area contributed by atoms with E-state index in [1.165, 1.54) is 44.9 Å². The molecular formula is C27H50. The van der Waals surface area contributed by atoms with Crippen LogP contribution in [-0.4, -0.2) is 0 Å². The Labute approximate surface area is 171 Å². The Morgan fingerprint density at radius 1 is 0.852 bits per heavy atom. The molecule has 158 valence electrons. The van der Waals surface area contributed by atoms with E-state index < -0.39 is 0 Å². The van der Waals surface area contributed by atoms with E-state index in [4.69, 9.17) is 0 Å². The molecule has 3 aliphatic carbocycles.